The molecule has 0 aliphatic rings. The number of hydrogen-bond donors (Lipinski definition) is 0. The first kappa shape index (κ1) is 24.7. The van der Waals surface area contributed by atoms with Gasteiger partial charge in [-0.3, -0.25) is 0 Å². The molecule has 2 heteroatoms. The zero-order valence-electron chi connectivity index (χ0n) is 23.8. The number of hydrogen-bond acceptors (Lipinski definition) is 2. The van der Waals surface area contributed by atoms with Gasteiger partial charge in [0.25, 0.3) is 0 Å². The van der Waals surface area contributed by atoms with E-state index in [0.29, 0.717) is 0 Å². The molecule has 0 fully saturated rings. The Morgan fingerprint density at radius 1 is 0.295 bits per heavy atom. The van der Waals surface area contributed by atoms with Crippen LogP contribution in [0.2, 0.25) is 0 Å². The number of para-hydroxylation sites is 2. The van der Waals surface area contributed by atoms with Crippen LogP contribution in [0.25, 0.3) is 88.4 Å². The molecule has 9 rings (SSSR count). The van der Waals surface area contributed by atoms with Gasteiger partial charge in [0.05, 0.1) is 0 Å². The molecule has 2 heterocycles. The molecule has 2 aromatic heterocycles. The van der Waals surface area contributed by atoms with Crippen LogP contribution < -0.4 is 0 Å². The third kappa shape index (κ3) is 3.96. The Bertz CT molecular complexity index is 2480. The van der Waals surface area contributed by atoms with Gasteiger partial charge in [0.2, 0.25) is 0 Å². The van der Waals surface area contributed by atoms with Crippen molar-refractivity contribution in [3.63, 3.8) is 0 Å². The molecule has 44 heavy (non-hydrogen) atoms. The van der Waals surface area contributed by atoms with E-state index in [1.165, 1.54) is 22.3 Å². The van der Waals surface area contributed by atoms with Gasteiger partial charge in [0.15, 0.2) is 0 Å². The molecule has 9 aromatic rings. The van der Waals surface area contributed by atoms with Crippen molar-refractivity contribution in [3.8, 4) is 44.5 Å². The molecule has 0 spiro atoms. The molecule has 0 bridgehead atoms. The maximum absolute atomic E-state index is 6.56. The molecule has 0 N–H and O–H groups in total. The van der Waals surface area contributed by atoms with E-state index in [4.69, 9.17) is 8.83 Å². The van der Waals surface area contributed by atoms with Crippen LogP contribution in [0, 0.1) is 0 Å². The molecule has 0 aliphatic carbocycles. The fourth-order valence-electron chi connectivity index (χ4n) is 6.56. The maximum atomic E-state index is 6.56. The predicted octanol–water partition coefficient (Wildman–Crippen LogP) is 12.2. The van der Waals surface area contributed by atoms with Crippen LogP contribution in [0.1, 0.15) is 0 Å². The van der Waals surface area contributed by atoms with Crippen molar-refractivity contribution in [1.82, 2.24) is 0 Å². The fraction of sp³-hybridized carbons (Fsp3) is 0. The molecular formula is C42H26O2. The molecule has 0 saturated heterocycles. The van der Waals surface area contributed by atoms with Gasteiger partial charge in [-0.2, -0.15) is 0 Å². The minimum absolute atomic E-state index is 0.875. The minimum atomic E-state index is 0.875. The Balaban J connectivity index is 1.22. The summed E-state index contributed by atoms with van der Waals surface area (Å²) in [7, 11) is 0. The fourth-order valence-corrected chi connectivity index (χ4v) is 6.56. The average molecular weight is 563 g/mol. The van der Waals surface area contributed by atoms with Crippen LogP contribution in [-0.2, 0) is 0 Å². The Morgan fingerprint density at radius 2 is 0.864 bits per heavy atom. The number of fused-ring (bicyclic) bond motifs is 6. The second-order valence-corrected chi connectivity index (χ2v) is 11.3. The highest BCUT2D eigenvalue weighted by atomic mass is 16.3. The van der Waals surface area contributed by atoms with Crippen LogP contribution in [0.3, 0.4) is 0 Å². The average Bonchev–Trinajstić information content (AvgIpc) is 3.67. The second kappa shape index (κ2) is 9.86. The van der Waals surface area contributed by atoms with E-state index in [-0.39, 0.29) is 0 Å². The van der Waals surface area contributed by atoms with Crippen LogP contribution >= 0.6 is 0 Å². The van der Waals surface area contributed by atoms with Gasteiger partial charge in [-0.1, -0.05) is 121 Å². The van der Waals surface area contributed by atoms with Gasteiger partial charge in [-0.05, 0) is 75.3 Å². The van der Waals surface area contributed by atoms with Crippen LogP contribution in [0.15, 0.2) is 167 Å². The quantitative estimate of drug-likeness (QED) is 0.213. The first-order chi connectivity index (χ1) is 21.8. The van der Waals surface area contributed by atoms with Gasteiger partial charge in [0.1, 0.15) is 22.3 Å². The Kier molecular flexibility index (Phi) is 5.54. The SMILES string of the molecule is c1ccc(-c2cccc(-c3ccc(-c4cc(-c5cccc6oc7ccccc7c56)c5oc6ccccc6c5c4)cc3)c2)cc1. The summed E-state index contributed by atoms with van der Waals surface area (Å²) in [6.07, 6.45) is 0. The van der Waals surface area contributed by atoms with Gasteiger partial charge in [-0.25, -0.2) is 0 Å². The molecule has 206 valence electrons. The lowest BCUT2D eigenvalue weighted by molar-refractivity contribution is 0.668. The predicted molar refractivity (Wildman–Crippen MR) is 183 cm³/mol. The molecule has 7 aromatic carbocycles. The lowest BCUT2D eigenvalue weighted by Crippen LogP contribution is -1.86. The van der Waals surface area contributed by atoms with E-state index >= 15 is 0 Å². The topological polar surface area (TPSA) is 26.3 Å². The summed E-state index contributed by atoms with van der Waals surface area (Å²) in [5.41, 5.74) is 12.8. The number of benzene rings is 7. The summed E-state index contributed by atoms with van der Waals surface area (Å²) in [6.45, 7) is 0. The third-order valence-electron chi connectivity index (χ3n) is 8.69. The normalized spacial score (nSPS) is 11.6. The molecule has 0 aliphatic heterocycles. The van der Waals surface area contributed by atoms with E-state index in [1.54, 1.807) is 0 Å². The van der Waals surface area contributed by atoms with Gasteiger partial charge < -0.3 is 8.83 Å². The van der Waals surface area contributed by atoms with Gasteiger partial charge >= 0.3 is 0 Å². The molecular weight excluding hydrogens is 536 g/mol. The molecule has 0 saturated carbocycles. The highest BCUT2D eigenvalue weighted by Gasteiger charge is 2.19. The summed E-state index contributed by atoms with van der Waals surface area (Å²) in [6, 6.07) is 55.6. The lowest BCUT2D eigenvalue weighted by Gasteiger charge is -2.11. The van der Waals surface area contributed by atoms with Crippen molar-refractivity contribution < 1.29 is 8.83 Å². The second-order valence-electron chi connectivity index (χ2n) is 11.3. The Labute approximate surface area is 254 Å². The van der Waals surface area contributed by atoms with E-state index < -0.39 is 0 Å². The zero-order valence-corrected chi connectivity index (χ0v) is 23.8. The van der Waals surface area contributed by atoms with Crippen molar-refractivity contribution in [2.24, 2.45) is 0 Å². The van der Waals surface area contributed by atoms with Crippen LogP contribution in [0.5, 0.6) is 0 Å². The number of rotatable bonds is 4. The van der Waals surface area contributed by atoms with E-state index in [0.717, 1.165) is 66.1 Å². The lowest BCUT2D eigenvalue weighted by atomic mass is 9.92. The summed E-state index contributed by atoms with van der Waals surface area (Å²) < 4.78 is 12.8. The summed E-state index contributed by atoms with van der Waals surface area (Å²) in [5, 5.41) is 4.44. The number of furan rings is 2. The van der Waals surface area contributed by atoms with E-state index in [9.17, 15) is 0 Å². The largest absolute Gasteiger partial charge is 0.456 e. The monoisotopic (exact) mass is 562 g/mol. The smallest absolute Gasteiger partial charge is 0.143 e. The molecule has 0 amide bonds. The molecule has 0 unspecified atom stereocenters. The van der Waals surface area contributed by atoms with Crippen LogP contribution in [0.4, 0.5) is 0 Å². The summed E-state index contributed by atoms with van der Waals surface area (Å²) >= 11 is 0. The van der Waals surface area contributed by atoms with Crippen molar-refractivity contribution >= 4 is 43.9 Å². The first-order valence-corrected chi connectivity index (χ1v) is 14.9. The van der Waals surface area contributed by atoms with Crippen molar-refractivity contribution in [3.05, 3.63) is 158 Å². The van der Waals surface area contributed by atoms with Gasteiger partial charge in [-0.15, -0.1) is 0 Å². The van der Waals surface area contributed by atoms with Crippen molar-refractivity contribution in [2.45, 2.75) is 0 Å². The highest BCUT2D eigenvalue weighted by molar-refractivity contribution is 6.18. The zero-order chi connectivity index (χ0) is 29.0. The summed E-state index contributed by atoms with van der Waals surface area (Å²) in [5.74, 6) is 0. The van der Waals surface area contributed by atoms with Crippen molar-refractivity contribution in [2.75, 3.05) is 0 Å². The van der Waals surface area contributed by atoms with Crippen LogP contribution in [-0.4, -0.2) is 0 Å². The third-order valence-corrected chi connectivity index (χ3v) is 8.69. The molecule has 0 atom stereocenters. The van der Waals surface area contributed by atoms with E-state index in [2.05, 4.69) is 127 Å². The molecule has 0 radical (unpaired) electrons. The highest BCUT2D eigenvalue weighted by Crippen LogP contribution is 2.44. The maximum Gasteiger partial charge on any atom is 0.143 e. The van der Waals surface area contributed by atoms with Crippen molar-refractivity contribution in [1.29, 1.82) is 0 Å². The minimum Gasteiger partial charge on any atom is -0.456 e. The Hall–Kier alpha value is -5.86. The molecule has 2 nitrogen and oxygen atoms in total. The standard InChI is InChI=1S/C42H26O2/c1-2-10-27(11-3-1)30-12-8-13-31(24-30)28-20-22-29(23-21-28)32-25-36-33-14-4-6-17-38(33)44-42(36)37(26-32)34-16-9-19-40-41(34)35-15-5-7-18-39(35)43-40/h1-26H. The Morgan fingerprint density at radius 3 is 1.64 bits per heavy atom. The van der Waals surface area contributed by atoms with E-state index in [1.807, 2.05) is 30.3 Å². The summed E-state index contributed by atoms with van der Waals surface area (Å²) in [4.78, 5) is 0. The van der Waals surface area contributed by atoms with Gasteiger partial charge in [0, 0.05) is 27.1 Å². The first-order valence-electron chi connectivity index (χ1n) is 14.9.